The molecule has 1 rings (SSSR count). The third kappa shape index (κ3) is 3.27. The van der Waals surface area contributed by atoms with Gasteiger partial charge in [-0.25, -0.2) is 8.42 Å². The molecule has 1 unspecified atom stereocenters. The second kappa shape index (κ2) is 6.13. The number of ether oxygens (including phenoxy) is 1. The molecule has 0 aromatic carbocycles. The monoisotopic (exact) mass is 261 g/mol. The highest BCUT2D eigenvalue weighted by Gasteiger charge is 2.28. The molecule has 0 radical (unpaired) electrons. The highest BCUT2D eigenvalue weighted by Crippen LogP contribution is 2.16. The van der Waals surface area contributed by atoms with Crippen LogP contribution in [0.2, 0.25) is 0 Å². The van der Waals surface area contributed by atoms with E-state index in [0.717, 1.165) is 6.42 Å². The molecule has 0 saturated carbocycles. The largest absolute Gasteiger partial charge is 0.383 e. The minimum atomic E-state index is -3.51. The molecule has 1 aromatic heterocycles. The molecule has 17 heavy (non-hydrogen) atoms. The average molecular weight is 261 g/mol. The molecule has 0 amide bonds. The number of hydrogen-bond donors (Lipinski definition) is 1. The highest BCUT2D eigenvalue weighted by molar-refractivity contribution is 7.89. The van der Waals surface area contributed by atoms with Gasteiger partial charge in [0.1, 0.15) is 0 Å². The summed E-state index contributed by atoms with van der Waals surface area (Å²) in [6.45, 7) is 4.54. The van der Waals surface area contributed by atoms with Crippen molar-refractivity contribution in [1.82, 2.24) is 14.5 Å². The van der Waals surface area contributed by atoms with Crippen LogP contribution in [0.3, 0.4) is 0 Å². The molecule has 98 valence electrons. The van der Waals surface area contributed by atoms with E-state index in [4.69, 9.17) is 4.74 Å². The molecule has 0 saturated heterocycles. The van der Waals surface area contributed by atoms with Crippen LogP contribution in [-0.2, 0) is 14.8 Å². The van der Waals surface area contributed by atoms with Crippen molar-refractivity contribution >= 4 is 10.0 Å². The van der Waals surface area contributed by atoms with Gasteiger partial charge in [-0.2, -0.15) is 9.40 Å². The van der Waals surface area contributed by atoms with E-state index in [0.29, 0.717) is 13.2 Å². The summed E-state index contributed by atoms with van der Waals surface area (Å²) >= 11 is 0. The number of rotatable bonds is 7. The highest BCUT2D eigenvalue weighted by atomic mass is 32.2. The van der Waals surface area contributed by atoms with Crippen molar-refractivity contribution in [3.63, 3.8) is 0 Å². The van der Waals surface area contributed by atoms with E-state index in [-0.39, 0.29) is 11.1 Å². The Morgan fingerprint density at radius 2 is 2.29 bits per heavy atom. The summed E-state index contributed by atoms with van der Waals surface area (Å²) in [6, 6.07) is 1.38. The Morgan fingerprint density at radius 1 is 1.59 bits per heavy atom. The molecule has 0 aliphatic carbocycles. The first-order valence-electron chi connectivity index (χ1n) is 5.54. The standard InChI is InChI=1S/C10H19N3O3S/c1-4-9(2)13(7-8-16-3)17(14,15)10-5-6-11-12-10/h5-6,9H,4,7-8H2,1-3H3,(H,11,12). The SMILES string of the molecule is CCC(C)N(CCOC)S(=O)(=O)c1ccn[nH]1. The molecule has 0 spiro atoms. The number of nitrogens with zero attached hydrogens (tertiary/aromatic N) is 2. The Labute approximate surface area is 102 Å². The summed E-state index contributed by atoms with van der Waals surface area (Å²) in [4.78, 5) is 0. The van der Waals surface area contributed by atoms with Gasteiger partial charge in [-0.15, -0.1) is 0 Å². The first-order valence-corrected chi connectivity index (χ1v) is 6.98. The van der Waals surface area contributed by atoms with Crippen molar-refractivity contribution in [2.75, 3.05) is 20.3 Å². The van der Waals surface area contributed by atoms with Crippen molar-refractivity contribution in [1.29, 1.82) is 0 Å². The van der Waals surface area contributed by atoms with Gasteiger partial charge in [-0.1, -0.05) is 6.92 Å². The van der Waals surface area contributed by atoms with Crippen LogP contribution < -0.4 is 0 Å². The topological polar surface area (TPSA) is 75.3 Å². The van der Waals surface area contributed by atoms with Gasteiger partial charge in [-0.05, 0) is 19.4 Å². The Kier molecular flexibility index (Phi) is 5.10. The summed E-state index contributed by atoms with van der Waals surface area (Å²) in [6.07, 6.45) is 2.18. The number of methoxy groups -OCH3 is 1. The van der Waals surface area contributed by atoms with Gasteiger partial charge in [-0.3, -0.25) is 5.10 Å². The maximum Gasteiger partial charge on any atom is 0.260 e. The predicted octanol–water partition coefficient (Wildman–Crippen LogP) is 0.845. The van der Waals surface area contributed by atoms with Crippen LogP contribution in [0.5, 0.6) is 0 Å². The smallest absolute Gasteiger partial charge is 0.260 e. The Hall–Kier alpha value is -0.920. The normalized spacial score (nSPS) is 14.1. The van der Waals surface area contributed by atoms with Gasteiger partial charge in [0.2, 0.25) is 0 Å². The summed E-state index contributed by atoms with van der Waals surface area (Å²) in [7, 11) is -1.95. The van der Waals surface area contributed by atoms with E-state index in [9.17, 15) is 8.42 Å². The number of nitrogens with one attached hydrogen (secondary N) is 1. The van der Waals surface area contributed by atoms with Crippen LogP contribution in [0.4, 0.5) is 0 Å². The Bertz CT molecular complexity index is 416. The molecular weight excluding hydrogens is 242 g/mol. The maximum absolute atomic E-state index is 12.3. The Morgan fingerprint density at radius 3 is 2.76 bits per heavy atom. The number of hydrogen-bond acceptors (Lipinski definition) is 4. The van der Waals surface area contributed by atoms with Gasteiger partial charge in [0, 0.05) is 19.7 Å². The Balaban J connectivity index is 2.96. The van der Waals surface area contributed by atoms with Crippen LogP contribution in [0, 0.1) is 0 Å². The molecular formula is C10H19N3O3S. The maximum atomic E-state index is 12.3. The first kappa shape index (κ1) is 14.1. The molecule has 1 aromatic rings. The zero-order valence-electron chi connectivity index (χ0n) is 10.4. The minimum Gasteiger partial charge on any atom is -0.383 e. The van der Waals surface area contributed by atoms with Crippen LogP contribution in [0.1, 0.15) is 20.3 Å². The van der Waals surface area contributed by atoms with E-state index < -0.39 is 10.0 Å². The average Bonchev–Trinajstić information content (AvgIpc) is 2.83. The van der Waals surface area contributed by atoms with Crippen molar-refractivity contribution in [3.05, 3.63) is 12.3 Å². The third-order valence-electron chi connectivity index (χ3n) is 2.66. The quantitative estimate of drug-likeness (QED) is 0.789. The molecule has 7 heteroatoms. The molecule has 0 fully saturated rings. The van der Waals surface area contributed by atoms with E-state index in [1.165, 1.54) is 16.6 Å². The molecule has 1 atom stereocenters. The molecule has 0 bridgehead atoms. The van der Waals surface area contributed by atoms with Crippen LogP contribution in [-0.4, -0.2) is 49.2 Å². The van der Waals surface area contributed by atoms with E-state index in [1.54, 1.807) is 7.11 Å². The number of aromatic nitrogens is 2. The molecule has 1 N–H and O–H groups in total. The van der Waals surface area contributed by atoms with Gasteiger partial charge in [0.25, 0.3) is 10.0 Å². The van der Waals surface area contributed by atoms with E-state index in [1.807, 2.05) is 13.8 Å². The lowest BCUT2D eigenvalue weighted by Crippen LogP contribution is -2.40. The third-order valence-corrected chi connectivity index (χ3v) is 4.60. The second-order valence-electron chi connectivity index (χ2n) is 3.79. The summed E-state index contributed by atoms with van der Waals surface area (Å²) in [5.74, 6) is 0. The lowest BCUT2D eigenvalue weighted by molar-refractivity contribution is 0.167. The van der Waals surface area contributed by atoms with Crippen molar-refractivity contribution in [2.45, 2.75) is 31.3 Å². The number of H-pyrrole nitrogens is 1. The van der Waals surface area contributed by atoms with E-state index in [2.05, 4.69) is 10.2 Å². The second-order valence-corrected chi connectivity index (χ2v) is 5.65. The molecule has 0 aliphatic rings. The fourth-order valence-electron chi connectivity index (χ4n) is 1.48. The summed E-state index contributed by atoms with van der Waals surface area (Å²) in [5.41, 5.74) is 0. The van der Waals surface area contributed by atoms with Crippen LogP contribution >= 0.6 is 0 Å². The van der Waals surface area contributed by atoms with Gasteiger partial charge >= 0.3 is 0 Å². The van der Waals surface area contributed by atoms with Crippen molar-refractivity contribution in [3.8, 4) is 0 Å². The fraction of sp³-hybridized carbons (Fsp3) is 0.700. The lowest BCUT2D eigenvalue weighted by Gasteiger charge is -2.26. The first-order chi connectivity index (χ1) is 8.04. The lowest BCUT2D eigenvalue weighted by atomic mass is 10.3. The number of aromatic amines is 1. The fourth-order valence-corrected chi connectivity index (χ4v) is 3.07. The molecule has 0 aliphatic heterocycles. The van der Waals surface area contributed by atoms with E-state index >= 15 is 0 Å². The zero-order chi connectivity index (χ0) is 12.9. The van der Waals surface area contributed by atoms with Crippen molar-refractivity contribution < 1.29 is 13.2 Å². The number of sulfonamides is 1. The zero-order valence-corrected chi connectivity index (χ0v) is 11.2. The summed E-state index contributed by atoms with van der Waals surface area (Å²) in [5, 5.41) is 6.29. The van der Waals surface area contributed by atoms with Gasteiger partial charge < -0.3 is 4.74 Å². The molecule has 1 heterocycles. The minimum absolute atomic E-state index is 0.0709. The predicted molar refractivity (Wildman–Crippen MR) is 64.1 cm³/mol. The van der Waals surface area contributed by atoms with Crippen molar-refractivity contribution in [2.24, 2.45) is 0 Å². The molecule has 6 nitrogen and oxygen atoms in total. The van der Waals surface area contributed by atoms with Gasteiger partial charge in [0.15, 0.2) is 5.03 Å². The van der Waals surface area contributed by atoms with Gasteiger partial charge in [0.05, 0.1) is 12.8 Å². The van der Waals surface area contributed by atoms with Crippen LogP contribution in [0.25, 0.3) is 0 Å². The summed E-state index contributed by atoms with van der Waals surface area (Å²) < 4.78 is 31.0. The van der Waals surface area contributed by atoms with Crippen LogP contribution in [0.15, 0.2) is 17.3 Å².